The Morgan fingerprint density at radius 2 is 2.00 bits per heavy atom. The van der Waals surface area contributed by atoms with Gasteiger partial charge in [0.25, 0.3) is 0 Å². The average Bonchev–Trinajstić information content (AvgIpc) is 3.15. The van der Waals surface area contributed by atoms with E-state index in [1.807, 2.05) is 35.2 Å². The zero-order valence-corrected chi connectivity index (χ0v) is 12.5. The highest BCUT2D eigenvalue weighted by molar-refractivity contribution is 7.11. The lowest BCUT2D eigenvalue weighted by atomic mass is 10.1. The Morgan fingerprint density at radius 3 is 2.71 bits per heavy atom. The van der Waals surface area contributed by atoms with Gasteiger partial charge < -0.3 is 16.0 Å². The van der Waals surface area contributed by atoms with Crippen molar-refractivity contribution in [2.24, 2.45) is 0 Å². The molecule has 0 saturated carbocycles. The Labute approximate surface area is 127 Å². The number of nitrogens with one attached hydrogen (secondary N) is 1. The van der Waals surface area contributed by atoms with Gasteiger partial charge in [0.1, 0.15) is 10.8 Å². The number of hydrogen-bond donors (Lipinski definition) is 2. The minimum absolute atomic E-state index is 0.137. The third kappa shape index (κ3) is 3.00. The van der Waals surface area contributed by atoms with Gasteiger partial charge in [0.2, 0.25) is 5.91 Å². The van der Waals surface area contributed by atoms with Crippen LogP contribution in [0.5, 0.6) is 0 Å². The second kappa shape index (κ2) is 6.13. The Balaban J connectivity index is 1.73. The minimum atomic E-state index is 0.137. The first kappa shape index (κ1) is 13.9. The number of nitrogens with zero attached hydrogens (tertiary/aromatic N) is 2. The number of rotatable bonds is 4. The quantitative estimate of drug-likeness (QED) is 0.910. The van der Waals surface area contributed by atoms with Gasteiger partial charge in [0.15, 0.2) is 0 Å². The number of carbonyl (C=O) groups excluding carboxylic acids is 1. The normalized spacial score (nSPS) is 14.4. The van der Waals surface area contributed by atoms with Crippen LogP contribution in [0.3, 0.4) is 0 Å². The standard InChI is InChI=1S/C15H18N4OS/c16-14-13(11-6-2-1-3-7-11)15(21-18-14)17-10-12(20)19-8-4-5-9-19/h1-3,6-7,17H,4-5,8-10H2,(H2,16,18). The van der Waals surface area contributed by atoms with Crippen molar-refractivity contribution in [3.8, 4) is 11.1 Å². The van der Waals surface area contributed by atoms with Gasteiger partial charge in [-0.2, -0.15) is 4.37 Å². The van der Waals surface area contributed by atoms with E-state index in [2.05, 4.69) is 9.69 Å². The van der Waals surface area contributed by atoms with Gasteiger partial charge in [-0.05, 0) is 29.9 Å². The molecule has 1 aliphatic heterocycles. The smallest absolute Gasteiger partial charge is 0.241 e. The van der Waals surface area contributed by atoms with Crippen molar-refractivity contribution in [2.75, 3.05) is 30.7 Å². The van der Waals surface area contributed by atoms with Crippen LogP contribution in [0.4, 0.5) is 10.8 Å². The monoisotopic (exact) mass is 302 g/mol. The number of nitrogens with two attached hydrogens (primary N) is 1. The first-order valence-corrected chi connectivity index (χ1v) is 7.85. The minimum Gasteiger partial charge on any atom is -0.382 e. The molecule has 0 radical (unpaired) electrons. The zero-order valence-electron chi connectivity index (χ0n) is 11.7. The summed E-state index contributed by atoms with van der Waals surface area (Å²) >= 11 is 1.30. The maximum absolute atomic E-state index is 12.1. The molecule has 1 fully saturated rings. The summed E-state index contributed by atoms with van der Waals surface area (Å²) in [5, 5.41) is 4.05. The van der Waals surface area contributed by atoms with Gasteiger partial charge >= 0.3 is 0 Å². The molecule has 2 heterocycles. The Kier molecular flexibility index (Phi) is 4.06. The Hall–Kier alpha value is -2.08. The van der Waals surface area contributed by atoms with E-state index >= 15 is 0 Å². The molecule has 0 atom stereocenters. The number of carbonyl (C=O) groups is 1. The molecule has 0 bridgehead atoms. The second-order valence-corrected chi connectivity index (χ2v) is 5.85. The van der Waals surface area contributed by atoms with Crippen LogP contribution in [0, 0.1) is 0 Å². The van der Waals surface area contributed by atoms with Crippen LogP contribution in [0.25, 0.3) is 11.1 Å². The highest BCUT2D eigenvalue weighted by Crippen LogP contribution is 2.36. The number of amides is 1. The molecule has 1 aliphatic rings. The van der Waals surface area contributed by atoms with Crippen molar-refractivity contribution in [2.45, 2.75) is 12.8 Å². The number of benzene rings is 1. The number of nitrogen functional groups attached to an aromatic ring is 1. The van der Waals surface area contributed by atoms with Crippen molar-refractivity contribution >= 4 is 28.3 Å². The molecule has 3 N–H and O–H groups in total. The SMILES string of the molecule is Nc1nsc(NCC(=O)N2CCCC2)c1-c1ccccc1. The van der Waals surface area contributed by atoms with Gasteiger partial charge in [-0.25, -0.2) is 0 Å². The highest BCUT2D eigenvalue weighted by atomic mass is 32.1. The maximum Gasteiger partial charge on any atom is 0.241 e. The third-order valence-corrected chi connectivity index (χ3v) is 4.46. The molecular weight excluding hydrogens is 284 g/mol. The molecule has 1 saturated heterocycles. The fourth-order valence-corrected chi connectivity index (χ4v) is 3.27. The number of aromatic nitrogens is 1. The van der Waals surface area contributed by atoms with Crippen molar-refractivity contribution < 1.29 is 4.79 Å². The first-order chi connectivity index (χ1) is 10.3. The van der Waals surface area contributed by atoms with Gasteiger partial charge in [-0.3, -0.25) is 4.79 Å². The number of hydrogen-bond acceptors (Lipinski definition) is 5. The molecule has 0 aliphatic carbocycles. The molecule has 5 nitrogen and oxygen atoms in total. The van der Waals surface area contributed by atoms with Crippen LogP contribution in [0.1, 0.15) is 12.8 Å². The van der Waals surface area contributed by atoms with Crippen molar-refractivity contribution in [1.82, 2.24) is 9.27 Å². The molecule has 1 aromatic heterocycles. The number of anilines is 2. The van der Waals surface area contributed by atoms with Gasteiger partial charge in [0.05, 0.1) is 12.1 Å². The van der Waals surface area contributed by atoms with Crippen LogP contribution >= 0.6 is 11.5 Å². The molecule has 0 spiro atoms. The summed E-state index contributed by atoms with van der Waals surface area (Å²) in [4.78, 5) is 14.0. The van der Waals surface area contributed by atoms with Crippen LogP contribution in [0.15, 0.2) is 30.3 Å². The van der Waals surface area contributed by atoms with Gasteiger partial charge in [-0.1, -0.05) is 30.3 Å². The number of likely N-dealkylation sites (tertiary alicyclic amines) is 1. The molecule has 3 rings (SSSR count). The van der Waals surface area contributed by atoms with Crippen molar-refractivity contribution in [3.63, 3.8) is 0 Å². The molecule has 6 heteroatoms. The lowest BCUT2D eigenvalue weighted by Gasteiger charge is -2.15. The highest BCUT2D eigenvalue weighted by Gasteiger charge is 2.19. The van der Waals surface area contributed by atoms with E-state index in [0.717, 1.165) is 42.1 Å². The molecule has 110 valence electrons. The van der Waals surface area contributed by atoms with E-state index in [1.165, 1.54) is 11.5 Å². The van der Waals surface area contributed by atoms with E-state index in [4.69, 9.17) is 5.73 Å². The largest absolute Gasteiger partial charge is 0.382 e. The fourth-order valence-electron chi connectivity index (χ4n) is 2.54. The topological polar surface area (TPSA) is 71.2 Å². The van der Waals surface area contributed by atoms with Crippen molar-refractivity contribution in [3.05, 3.63) is 30.3 Å². The van der Waals surface area contributed by atoms with Crippen LogP contribution in [0.2, 0.25) is 0 Å². The molecular formula is C15H18N4OS. The fraction of sp³-hybridized carbons (Fsp3) is 0.333. The van der Waals surface area contributed by atoms with Gasteiger partial charge in [0, 0.05) is 13.1 Å². The Bertz CT molecular complexity index is 620. The van der Waals surface area contributed by atoms with Gasteiger partial charge in [-0.15, -0.1) is 0 Å². The summed E-state index contributed by atoms with van der Waals surface area (Å²) in [6, 6.07) is 9.88. The summed E-state index contributed by atoms with van der Waals surface area (Å²) in [5.74, 6) is 0.640. The van der Waals surface area contributed by atoms with Crippen LogP contribution in [-0.4, -0.2) is 34.8 Å². The van der Waals surface area contributed by atoms with Crippen molar-refractivity contribution in [1.29, 1.82) is 0 Å². The zero-order chi connectivity index (χ0) is 14.7. The predicted molar refractivity (Wildman–Crippen MR) is 86.3 cm³/mol. The molecule has 1 amide bonds. The van der Waals surface area contributed by atoms with E-state index < -0.39 is 0 Å². The average molecular weight is 302 g/mol. The molecule has 1 aromatic carbocycles. The third-order valence-electron chi connectivity index (χ3n) is 3.64. The van der Waals surface area contributed by atoms with E-state index in [-0.39, 0.29) is 5.91 Å². The Morgan fingerprint density at radius 1 is 1.29 bits per heavy atom. The maximum atomic E-state index is 12.1. The second-order valence-electron chi connectivity index (χ2n) is 5.08. The van der Waals surface area contributed by atoms with E-state index in [0.29, 0.717) is 12.4 Å². The van der Waals surface area contributed by atoms with E-state index in [9.17, 15) is 4.79 Å². The molecule has 0 unspecified atom stereocenters. The van der Waals surface area contributed by atoms with Crippen LogP contribution < -0.4 is 11.1 Å². The first-order valence-electron chi connectivity index (χ1n) is 7.08. The summed E-state index contributed by atoms with van der Waals surface area (Å²) in [7, 11) is 0. The van der Waals surface area contributed by atoms with E-state index in [1.54, 1.807) is 0 Å². The van der Waals surface area contributed by atoms with Crippen LogP contribution in [-0.2, 0) is 4.79 Å². The summed E-state index contributed by atoms with van der Waals surface area (Å²) in [5.41, 5.74) is 7.86. The lowest BCUT2D eigenvalue weighted by Crippen LogP contribution is -2.32. The lowest BCUT2D eigenvalue weighted by molar-refractivity contribution is -0.128. The summed E-state index contributed by atoms with van der Waals surface area (Å²) in [6.45, 7) is 2.04. The summed E-state index contributed by atoms with van der Waals surface area (Å²) in [6.07, 6.45) is 2.21. The summed E-state index contributed by atoms with van der Waals surface area (Å²) < 4.78 is 4.20. The predicted octanol–water partition coefficient (Wildman–Crippen LogP) is 2.43. The molecule has 2 aromatic rings. The molecule has 21 heavy (non-hydrogen) atoms.